The zero-order valence-corrected chi connectivity index (χ0v) is 17.0. The first-order valence-electron chi connectivity index (χ1n) is 10.1. The average molecular weight is 413 g/mol. The van der Waals surface area contributed by atoms with Crippen LogP contribution in [-0.4, -0.2) is 64.0 Å². The highest BCUT2D eigenvalue weighted by Gasteiger charge is 2.40. The van der Waals surface area contributed by atoms with Gasteiger partial charge in [-0.15, -0.1) is 0 Å². The number of hydrogen-bond acceptors (Lipinski definition) is 8. The van der Waals surface area contributed by atoms with E-state index in [9.17, 15) is 4.39 Å². The average Bonchev–Trinajstić information content (AvgIpc) is 3.16. The van der Waals surface area contributed by atoms with E-state index in [2.05, 4.69) is 32.5 Å². The summed E-state index contributed by atoms with van der Waals surface area (Å²) in [4.78, 5) is 13.0. The fourth-order valence-corrected chi connectivity index (χ4v) is 3.95. The summed E-state index contributed by atoms with van der Waals surface area (Å²) in [5, 5.41) is 11.4. The Labute approximate surface area is 173 Å². The molecule has 2 fully saturated rings. The molecule has 0 amide bonds. The van der Waals surface area contributed by atoms with E-state index in [1.807, 2.05) is 0 Å². The third-order valence-corrected chi connectivity index (χ3v) is 5.71. The van der Waals surface area contributed by atoms with Gasteiger partial charge in [0.25, 0.3) is 0 Å². The summed E-state index contributed by atoms with van der Waals surface area (Å²) in [6.07, 6.45) is 4.86. The normalized spacial score (nSPS) is 20.7. The van der Waals surface area contributed by atoms with Crippen LogP contribution >= 0.6 is 0 Å². The quantitative estimate of drug-likeness (QED) is 0.653. The number of piperidine rings is 1. The predicted octanol–water partition coefficient (Wildman–Crippen LogP) is 1.79. The van der Waals surface area contributed by atoms with Gasteiger partial charge in [0.2, 0.25) is 5.95 Å². The molecule has 0 spiro atoms. The van der Waals surface area contributed by atoms with Crippen LogP contribution in [0.25, 0.3) is 17.0 Å². The van der Waals surface area contributed by atoms with Crippen molar-refractivity contribution in [2.24, 2.45) is 0 Å². The molecule has 0 bridgehead atoms. The molecular weight excluding hydrogens is 389 g/mol. The summed E-state index contributed by atoms with van der Waals surface area (Å²) < 4.78 is 27.3. The van der Waals surface area contributed by atoms with Crippen LogP contribution in [0.5, 0.6) is 5.75 Å². The number of aromatic nitrogens is 5. The maximum absolute atomic E-state index is 14.7. The first-order chi connectivity index (χ1) is 14.6. The van der Waals surface area contributed by atoms with Gasteiger partial charge >= 0.3 is 0 Å². The Morgan fingerprint density at radius 3 is 2.90 bits per heavy atom. The van der Waals surface area contributed by atoms with Crippen molar-refractivity contribution in [3.05, 3.63) is 30.0 Å². The van der Waals surface area contributed by atoms with Gasteiger partial charge < -0.3 is 20.1 Å². The monoisotopic (exact) mass is 413 g/mol. The van der Waals surface area contributed by atoms with E-state index in [0.717, 1.165) is 31.6 Å². The molecule has 2 aliphatic rings. The fourth-order valence-electron chi connectivity index (χ4n) is 3.95. The van der Waals surface area contributed by atoms with Crippen LogP contribution in [0.2, 0.25) is 0 Å². The molecule has 0 aromatic carbocycles. The number of nitrogens with one attached hydrogen (secondary N) is 2. The number of halogens is 1. The molecule has 3 aromatic heterocycles. The van der Waals surface area contributed by atoms with E-state index in [0.29, 0.717) is 36.3 Å². The second kappa shape index (κ2) is 7.44. The Hall–Kier alpha value is -2.85. The van der Waals surface area contributed by atoms with Crippen molar-refractivity contribution in [1.82, 2.24) is 29.9 Å². The lowest BCUT2D eigenvalue weighted by Gasteiger charge is -2.37. The summed E-state index contributed by atoms with van der Waals surface area (Å²) in [7, 11) is 1.60. The summed E-state index contributed by atoms with van der Waals surface area (Å²) in [6, 6.07) is 2.02. The van der Waals surface area contributed by atoms with Crippen LogP contribution in [0.3, 0.4) is 0 Å². The zero-order valence-electron chi connectivity index (χ0n) is 17.0. The smallest absolute Gasteiger partial charge is 0.223 e. The Kier molecular flexibility index (Phi) is 4.75. The van der Waals surface area contributed by atoms with Crippen LogP contribution in [0.15, 0.2) is 18.5 Å². The third-order valence-electron chi connectivity index (χ3n) is 5.71. The van der Waals surface area contributed by atoms with Gasteiger partial charge in [-0.25, -0.2) is 23.9 Å². The Bertz CT molecular complexity index is 1080. The Balaban J connectivity index is 1.55. The number of fused-ring (bicyclic) bond motifs is 1. The number of hydrogen-bond donors (Lipinski definition) is 2. The van der Waals surface area contributed by atoms with Crippen molar-refractivity contribution in [3.63, 3.8) is 0 Å². The molecule has 2 saturated heterocycles. The lowest BCUT2D eigenvalue weighted by molar-refractivity contribution is -0.0535. The molecule has 0 saturated carbocycles. The first-order valence-corrected chi connectivity index (χ1v) is 10.1. The molecule has 2 N–H and O–H groups in total. The first kappa shape index (κ1) is 19.1. The highest BCUT2D eigenvalue weighted by Crippen LogP contribution is 2.37. The second-order valence-electron chi connectivity index (χ2n) is 8.11. The second-order valence-corrected chi connectivity index (χ2v) is 8.11. The minimum atomic E-state index is -0.526. The van der Waals surface area contributed by atoms with E-state index < -0.39 is 5.82 Å². The van der Waals surface area contributed by atoms with Crippen molar-refractivity contribution >= 4 is 11.6 Å². The molecule has 1 unspecified atom stereocenters. The molecule has 5 rings (SSSR count). The highest BCUT2D eigenvalue weighted by atomic mass is 19.1. The fraction of sp³-hybridized carbons (Fsp3) is 0.500. The minimum Gasteiger partial charge on any atom is -0.495 e. The van der Waals surface area contributed by atoms with Crippen LogP contribution in [0, 0.1) is 5.82 Å². The maximum Gasteiger partial charge on any atom is 0.223 e. The maximum atomic E-state index is 14.7. The van der Waals surface area contributed by atoms with E-state index in [1.54, 1.807) is 23.9 Å². The van der Waals surface area contributed by atoms with Crippen molar-refractivity contribution in [1.29, 1.82) is 0 Å². The number of methoxy groups -OCH3 is 1. The summed E-state index contributed by atoms with van der Waals surface area (Å²) in [5.74, 6) is 0.505. The van der Waals surface area contributed by atoms with Crippen LogP contribution in [0.1, 0.15) is 25.5 Å². The molecule has 1 atom stereocenters. The topological polar surface area (TPSA) is 98.5 Å². The van der Waals surface area contributed by atoms with Gasteiger partial charge in [0, 0.05) is 18.7 Å². The zero-order chi connectivity index (χ0) is 20.7. The SMILES string of the molecule is COc1cc2ncc(-c3nc(NC4CCCNC4)ncc3F)n2nc1C1(C)COC1. The van der Waals surface area contributed by atoms with Crippen molar-refractivity contribution in [2.45, 2.75) is 31.2 Å². The predicted molar refractivity (Wildman–Crippen MR) is 108 cm³/mol. The van der Waals surface area contributed by atoms with Crippen LogP contribution < -0.4 is 15.4 Å². The van der Waals surface area contributed by atoms with Gasteiger partial charge in [-0.3, -0.25) is 0 Å². The minimum absolute atomic E-state index is 0.155. The van der Waals surface area contributed by atoms with E-state index in [-0.39, 0.29) is 17.2 Å². The molecule has 10 heteroatoms. The van der Waals surface area contributed by atoms with Gasteiger partial charge in [0.05, 0.1) is 38.1 Å². The number of anilines is 1. The largest absolute Gasteiger partial charge is 0.495 e. The van der Waals surface area contributed by atoms with E-state index >= 15 is 0 Å². The van der Waals surface area contributed by atoms with Crippen LogP contribution in [0.4, 0.5) is 10.3 Å². The van der Waals surface area contributed by atoms with Crippen molar-refractivity contribution in [3.8, 4) is 17.1 Å². The molecule has 5 heterocycles. The van der Waals surface area contributed by atoms with Gasteiger partial charge in [-0.05, 0) is 26.3 Å². The molecule has 30 heavy (non-hydrogen) atoms. The number of nitrogens with zero attached hydrogens (tertiary/aromatic N) is 5. The summed E-state index contributed by atoms with van der Waals surface area (Å²) in [5.41, 5.74) is 1.67. The summed E-state index contributed by atoms with van der Waals surface area (Å²) in [6.45, 7) is 5.01. The molecule has 0 radical (unpaired) electrons. The Morgan fingerprint density at radius 1 is 1.33 bits per heavy atom. The lowest BCUT2D eigenvalue weighted by atomic mass is 9.84. The Morgan fingerprint density at radius 2 is 2.20 bits per heavy atom. The lowest BCUT2D eigenvalue weighted by Crippen LogP contribution is -2.45. The number of rotatable bonds is 5. The molecule has 9 nitrogen and oxygen atoms in total. The van der Waals surface area contributed by atoms with E-state index in [1.165, 1.54) is 6.20 Å². The van der Waals surface area contributed by atoms with Gasteiger partial charge in [-0.1, -0.05) is 0 Å². The molecule has 0 aliphatic carbocycles. The summed E-state index contributed by atoms with van der Waals surface area (Å²) >= 11 is 0. The van der Waals surface area contributed by atoms with Crippen LogP contribution in [-0.2, 0) is 10.2 Å². The van der Waals surface area contributed by atoms with Gasteiger partial charge in [-0.2, -0.15) is 5.10 Å². The molecule has 158 valence electrons. The standard InChI is InChI=1S/C20H24FN7O2/c1-20(10-30-11-20)18-15(29-2)6-16-23-9-14(28(16)27-18)17-13(21)8-24-19(26-17)25-12-4-3-5-22-7-12/h6,8-9,12,22H,3-5,7,10-11H2,1-2H3,(H,24,25,26). The van der Waals surface area contributed by atoms with E-state index in [4.69, 9.17) is 14.6 Å². The molecule has 2 aliphatic heterocycles. The molecule has 3 aromatic rings. The molecular formula is C20H24FN7O2. The van der Waals surface area contributed by atoms with Crippen molar-refractivity contribution in [2.75, 3.05) is 38.7 Å². The third kappa shape index (κ3) is 3.25. The number of ether oxygens (including phenoxy) is 2. The van der Waals surface area contributed by atoms with Gasteiger partial charge in [0.1, 0.15) is 22.8 Å². The highest BCUT2D eigenvalue weighted by molar-refractivity contribution is 5.62. The van der Waals surface area contributed by atoms with Gasteiger partial charge in [0.15, 0.2) is 11.5 Å². The number of imidazole rings is 1. The van der Waals surface area contributed by atoms with Crippen molar-refractivity contribution < 1.29 is 13.9 Å².